The number of benzene rings is 1. The maximum atomic E-state index is 12.3. The van der Waals surface area contributed by atoms with Crippen molar-refractivity contribution >= 4 is 35.2 Å². The number of thiazole rings is 1. The van der Waals surface area contributed by atoms with Gasteiger partial charge in [0, 0.05) is 25.6 Å². The van der Waals surface area contributed by atoms with Gasteiger partial charge in [-0.05, 0) is 30.7 Å². The maximum absolute atomic E-state index is 12.3. The summed E-state index contributed by atoms with van der Waals surface area (Å²) in [6.45, 7) is 7.67. The lowest BCUT2D eigenvalue weighted by atomic mass is 9.91. The Labute approximate surface area is 179 Å². The first kappa shape index (κ1) is 23.4. The molecule has 0 radical (unpaired) electrons. The summed E-state index contributed by atoms with van der Waals surface area (Å²) in [6, 6.07) is 5.24. The zero-order valence-corrected chi connectivity index (χ0v) is 19.0. The number of amides is 1. The van der Waals surface area contributed by atoms with E-state index in [-0.39, 0.29) is 23.9 Å². The van der Waals surface area contributed by atoms with Crippen LogP contribution in [-0.2, 0) is 9.59 Å². The van der Waals surface area contributed by atoms with Crippen molar-refractivity contribution in [1.82, 2.24) is 9.88 Å². The molecule has 1 N–H and O–H groups in total. The highest BCUT2D eigenvalue weighted by Gasteiger charge is 2.18. The van der Waals surface area contributed by atoms with Gasteiger partial charge in [0.25, 0.3) is 11.5 Å². The molecule has 1 aromatic heterocycles. The number of hydrogen-bond donors (Lipinski definition) is 1. The van der Waals surface area contributed by atoms with E-state index in [0.717, 1.165) is 5.56 Å². The molecule has 0 fully saturated rings. The fraction of sp³-hybridized carbons (Fsp3) is 0.409. The SMILES string of the molecule is CCOc1cc(C=c2sc(=CC(=O)C(C)(C)C)[nH]c2=O)ccc1OCC(=O)N(C)C. The second-order valence-electron chi connectivity index (χ2n) is 7.90. The number of Topliss-reactive ketones (excluding diaryl/α,β-unsaturated/α-hetero) is 1. The monoisotopic (exact) mass is 432 g/mol. The van der Waals surface area contributed by atoms with Gasteiger partial charge in [0.1, 0.15) is 0 Å². The number of carbonyl (C=O) groups is 2. The van der Waals surface area contributed by atoms with Crippen molar-refractivity contribution in [2.45, 2.75) is 27.7 Å². The van der Waals surface area contributed by atoms with Crippen LogP contribution in [0.5, 0.6) is 11.5 Å². The van der Waals surface area contributed by atoms with E-state index in [9.17, 15) is 14.4 Å². The van der Waals surface area contributed by atoms with Crippen molar-refractivity contribution in [2.24, 2.45) is 5.41 Å². The Morgan fingerprint density at radius 1 is 1.17 bits per heavy atom. The lowest BCUT2D eigenvalue weighted by molar-refractivity contribution is -0.130. The van der Waals surface area contributed by atoms with Gasteiger partial charge in [0.05, 0.1) is 15.8 Å². The van der Waals surface area contributed by atoms with E-state index in [1.807, 2.05) is 27.7 Å². The Balaban J connectivity index is 2.36. The predicted octanol–water partition coefficient (Wildman–Crippen LogP) is 1.53. The summed E-state index contributed by atoms with van der Waals surface area (Å²) in [5.74, 6) is 0.723. The number of nitrogens with one attached hydrogen (secondary N) is 1. The summed E-state index contributed by atoms with van der Waals surface area (Å²) in [7, 11) is 3.32. The molecule has 0 aliphatic heterocycles. The Kier molecular flexibility index (Phi) is 7.61. The van der Waals surface area contributed by atoms with Crippen LogP contribution in [0.25, 0.3) is 12.2 Å². The van der Waals surface area contributed by atoms with Crippen LogP contribution in [0.2, 0.25) is 0 Å². The lowest BCUT2D eigenvalue weighted by Crippen LogP contribution is -2.27. The molecule has 30 heavy (non-hydrogen) atoms. The third-order valence-corrected chi connectivity index (χ3v) is 5.06. The molecular formula is C22H28N2O5S. The van der Waals surface area contributed by atoms with Crippen molar-refractivity contribution in [2.75, 3.05) is 27.3 Å². The van der Waals surface area contributed by atoms with E-state index in [4.69, 9.17) is 9.47 Å². The molecular weight excluding hydrogens is 404 g/mol. The van der Waals surface area contributed by atoms with Gasteiger partial charge in [0.2, 0.25) is 0 Å². The number of hydrogen-bond acceptors (Lipinski definition) is 6. The van der Waals surface area contributed by atoms with Crippen LogP contribution in [0, 0.1) is 5.41 Å². The molecule has 0 aliphatic rings. The molecule has 0 bridgehead atoms. The molecule has 1 heterocycles. The first-order chi connectivity index (χ1) is 14.0. The van der Waals surface area contributed by atoms with E-state index in [1.165, 1.54) is 22.3 Å². The Hall–Kier alpha value is -2.87. The molecule has 0 aliphatic carbocycles. The molecule has 0 spiro atoms. The van der Waals surface area contributed by atoms with Gasteiger partial charge in [0.15, 0.2) is 23.9 Å². The molecule has 0 saturated carbocycles. The summed E-state index contributed by atoms with van der Waals surface area (Å²) >= 11 is 1.22. The third kappa shape index (κ3) is 6.32. The van der Waals surface area contributed by atoms with Crippen LogP contribution in [0.4, 0.5) is 0 Å². The standard InChI is InChI=1S/C22H28N2O5S/c1-7-28-16-10-14(8-9-15(16)29-13-20(26)24(5)6)11-17-21(27)23-19(30-17)12-18(25)22(2,3)4/h8-12H,7,13H2,1-6H3,(H,23,27). The molecule has 1 aromatic carbocycles. The Morgan fingerprint density at radius 2 is 1.87 bits per heavy atom. The van der Waals surface area contributed by atoms with Crippen molar-refractivity contribution in [3.63, 3.8) is 0 Å². The average molecular weight is 433 g/mol. The summed E-state index contributed by atoms with van der Waals surface area (Å²) in [5, 5.41) is 0. The first-order valence-corrected chi connectivity index (χ1v) is 10.4. The Bertz CT molecular complexity index is 1090. The molecule has 162 valence electrons. The minimum Gasteiger partial charge on any atom is -0.490 e. The molecule has 2 aromatic rings. The van der Waals surface area contributed by atoms with Gasteiger partial charge in [-0.25, -0.2) is 0 Å². The minimum atomic E-state index is -0.513. The van der Waals surface area contributed by atoms with Crippen LogP contribution in [0.15, 0.2) is 23.0 Å². The normalized spacial score (nSPS) is 12.7. The topological polar surface area (TPSA) is 88.7 Å². The predicted molar refractivity (Wildman–Crippen MR) is 118 cm³/mol. The van der Waals surface area contributed by atoms with E-state index >= 15 is 0 Å². The number of H-pyrrole nitrogens is 1. The zero-order valence-electron chi connectivity index (χ0n) is 18.2. The molecule has 7 nitrogen and oxygen atoms in total. The van der Waals surface area contributed by atoms with Crippen molar-refractivity contribution in [3.8, 4) is 11.5 Å². The molecule has 0 atom stereocenters. The zero-order chi connectivity index (χ0) is 22.5. The molecule has 1 amide bonds. The van der Waals surface area contributed by atoms with Crippen molar-refractivity contribution in [3.05, 3.63) is 43.3 Å². The summed E-state index contributed by atoms with van der Waals surface area (Å²) in [6.07, 6.45) is 3.19. The number of aromatic amines is 1. The van der Waals surface area contributed by atoms with Crippen LogP contribution < -0.4 is 24.2 Å². The summed E-state index contributed by atoms with van der Waals surface area (Å²) in [4.78, 5) is 40.4. The van der Waals surface area contributed by atoms with E-state index in [1.54, 1.807) is 38.4 Å². The first-order valence-electron chi connectivity index (χ1n) is 9.58. The second kappa shape index (κ2) is 9.75. The largest absolute Gasteiger partial charge is 0.490 e. The van der Waals surface area contributed by atoms with Crippen molar-refractivity contribution < 1.29 is 19.1 Å². The summed E-state index contributed by atoms with van der Waals surface area (Å²) < 4.78 is 12.2. The quantitative estimate of drug-likeness (QED) is 0.717. The van der Waals surface area contributed by atoms with Crippen LogP contribution in [0.3, 0.4) is 0 Å². The number of rotatable bonds is 7. The number of ketones is 1. The Morgan fingerprint density at radius 3 is 2.47 bits per heavy atom. The van der Waals surface area contributed by atoms with Crippen LogP contribution in [0.1, 0.15) is 33.3 Å². The van der Waals surface area contributed by atoms with Gasteiger partial charge in [-0.1, -0.05) is 26.8 Å². The van der Waals surface area contributed by atoms with Crippen molar-refractivity contribution in [1.29, 1.82) is 0 Å². The van der Waals surface area contributed by atoms with Gasteiger partial charge < -0.3 is 19.4 Å². The van der Waals surface area contributed by atoms with Gasteiger partial charge >= 0.3 is 0 Å². The van der Waals surface area contributed by atoms with E-state index in [0.29, 0.717) is 27.3 Å². The highest BCUT2D eigenvalue weighted by atomic mass is 32.1. The fourth-order valence-corrected chi connectivity index (χ4v) is 3.17. The highest BCUT2D eigenvalue weighted by Crippen LogP contribution is 2.28. The second-order valence-corrected chi connectivity index (χ2v) is 8.99. The van der Waals surface area contributed by atoms with Gasteiger partial charge in [-0.15, -0.1) is 11.3 Å². The van der Waals surface area contributed by atoms with Gasteiger partial charge in [-0.3, -0.25) is 14.4 Å². The molecule has 2 rings (SSSR count). The average Bonchev–Trinajstić information content (AvgIpc) is 2.99. The van der Waals surface area contributed by atoms with E-state index < -0.39 is 5.41 Å². The smallest absolute Gasteiger partial charge is 0.266 e. The number of nitrogens with zero attached hydrogens (tertiary/aromatic N) is 1. The van der Waals surface area contributed by atoms with E-state index in [2.05, 4.69) is 4.98 Å². The third-order valence-electron chi connectivity index (χ3n) is 4.10. The number of carbonyl (C=O) groups excluding carboxylic acids is 2. The van der Waals surface area contributed by atoms with Gasteiger partial charge in [-0.2, -0.15) is 0 Å². The number of aromatic nitrogens is 1. The molecule has 0 saturated heterocycles. The van der Waals surface area contributed by atoms with Crippen LogP contribution >= 0.6 is 11.3 Å². The molecule has 8 heteroatoms. The number of likely N-dealkylation sites (N-methyl/N-ethyl adjacent to an activating group) is 1. The molecule has 0 unspecified atom stereocenters. The summed E-state index contributed by atoms with van der Waals surface area (Å²) in [5.41, 5.74) is -0.0328. The maximum Gasteiger partial charge on any atom is 0.266 e. The minimum absolute atomic E-state index is 0.0565. The highest BCUT2D eigenvalue weighted by molar-refractivity contribution is 7.07. The lowest BCUT2D eigenvalue weighted by Gasteiger charge is -2.14. The van der Waals surface area contributed by atoms with Crippen LogP contribution in [-0.4, -0.2) is 48.9 Å². The number of ether oxygens (including phenoxy) is 2. The fourth-order valence-electron chi connectivity index (χ4n) is 2.28.